The first-order valence-corrected chi connectivity index (χ1v) is 8.17. The van der Waals surface area contributed by atoms with Gasteiger partial charge < -0.3 is 4.74 Å². The third kappa shape index (κ3) is 4.34. The van der Waals surface area contributed by atoms with Crippen molar-refractivity contribution >= 4 is 16.7 Å². The number of carbonyl (C=O) groups is 1. The second-order valence-electron chi connectivity index (χ2n) is 5.83. The molecule has 3 nitrogen and oxygen atoms in total. The molecule has 2 aromatic rings. The highest BCUT2D eigenvalue weighted by molar-refractivity contribution is 5.95. The van der Waals surface area contributed by atoms with Gasteiger partial charge in [-0.3, -0.25) is 4.90 Å². The molecule has 0 spiro atoms. The quantitative estimate of drug-likeness (QED) is 0.642. The van der Waals surface area contributed by atoms with Crippen LogP contribution in [-0.2, 0) is 4.74 Å². The van der Waals surface area contributed by atoms with Crippen molar-refractivity contribution in [1.29, 1.82) is 0 Å². The van der Waals surface area contributed by atoms with E-state index in [1.54, 1.807) is 6.07 Å². The standard InChI is InChI=1S/C20H21NO2/c22-20(19-11-10-17-8-2-3-9-18(17)16-19)23-15-7-6-14-21-12-4-1-5-13-21/h2-3,8-11,16H,1,4-5,12-15H2. The van der Waals surface area contributed by atoms with Crippen LogP contribution in [0.2, 0.25) is 0 Å². The lowest BCUT2D eigenvalue weighted by molar-refractivity contribution is 0.0556. The number of fused-ring (bicyclic) bond motifs is 1. The molecule has 118 valence electrons. The number of hydrogen-bond acceptors (Lipinski definition) is 3. The fraction of sp³-hybridized carbons (Fsp3) is 0.350. The summed E-state index contributed by atoms with van der Waals surface area (Å²) >= 11 is 0. The molecule has 0 amide bonds. The molecule has 1 aliphatic heterocycles. The number of carbonyl (C=O) groups excluding carboxylic acids is 1. The summed E-state index contributed by atoms with van der Waals surface area (Å²) in [6.45, 7) is 3.18. The molecule has 1 fully saturated rings. The summed E-state index contributed by atoms with van der Waals surface area (Å²) in [4.78, 5) is 14.4. The topological polar surface area (TPSA) is 29.5 Å². The van der Waals surface area contributed by atoms with Crippen molar-refractivity contribution in [3.8, 4) is 11.8 Å². The molecule has 0 aliphatic carbocycles. The van der Waals surface area contributed by atoms with Gasteiger partial charge in [0.2, 0.25) is 0 Å². The van der Waals surface area contributed by atoms with Crippen molar-refractivity contribution in [3.63, 3.8) is 0 Å². The molecule has 0 radical (unpaired) electrons. The van der Waals surface area contributed by atoms with Crippen LogP contribution in [0, 0.1) is 11.8 Å². The highest BCUT2D eigenvalue weighted by Gasteiger charge is 2.08. The summed E-state index contributed by atoms with van der Waals surface area (Å²) in [7, 11) is 0. The Morgan fingerprint density at radius 2 is 1.78 bits per heavy atom. The van der Waals surface area contributed by atoms with E-state index in [0.717, 1.165) is 30.4 Å². The van der Waals surface area contributed by atoms with Gasteiger partial charge in [-0.1, -0.05) is 48.6 Å². The highest BCUT2D eigenvalue weighted by atomic mass is 16.5. The van der Waals surface area contributed by atoms with Gasteiger partial charge in [-0.2, -0.15) is 0 Å². The molecule has 1 saturated heterocycles. The molecule has 0 unspecified atom stereocenters. The average Bonchev–Trinajstić information content (AvgIpc) is 2.61. The maximum absolute atomic E-state index is 12.1. The zero-order chi connectivity index (χ0) is 15.9. The summed E-state index contributed by atoms with van der Waals surface area (Å²) in [5, 5.41) is 2.16. The third-order valence-electron chi connectivity index (χ3n) is 4.14. The molecule has 0 saturated carbocycles. The summed E-state index contributed by atoms with van der Waals surface area (Å²) in [6, 6.07) is 13.6. The average molecular weight is 307 g/mol. The Bertz CT molecular complexity index is 736. The molecule has 0 bridgehead atoms. The molecule has 3 rings (SSSR count). The SMILES string of the molecule is O=C(OCC#CCN1CCCCC1)c1ccc2ccccc2c1. The van der Waals surface area contributed by atoms with E-state index in [0.29, 0.717) is 5.56 Å². The summed E-state index contributed by atoms with van der Waals surface area (Å²) in [5.41, 5.74) is 0.571. The van der Waals surface area contributed by atoms with E-state index >= 15 is 0 Å². The number of piperidine rings is 1. The maximum Gasteiger partial charge on any atom is 0.339 e. The lowest BCUT2D eigenvalue weighted by Gasteiger charge is -2.23. The van der Waals surface area contributed by atoms with Crippen LogP contribution in [0.1, 0.15) is 29.6 Å². The van der Waals surface area contributed by atoms with Crippen LogP contribution in [0.5, 0.6) is 0 Å². The van der Waals surface area contributed by atoms with Crippen molar-refractivity contribution < 1.29 is 9.53 Å². The number of esters is 1. The van der Waals surface area contributed by atoms with Gasteiger partial charge in [0.1, 0.15) is 0 Å². The predicted octanol–water partition coefficient (Wildman–Crippen LogP) is 3.49. The first kappa shape index (κ1) is 15.6. The molecule has 1 heterocycles. The van der Waals surface area contributed by atoms with Gasteiger partial charge >= 0.3 is 5.97 Å². The fourth-order valence-electron chi connectivity index (χ4n) is 2.84. The van der Waals surface area contributed by atoms with Gasteiger partial charge in [-0.25, -0.2) is 4.79 Å². The molecule has 3 heteroatoms. The Labute approximate surface area is 137 Å². The van der Waals surface area contributed by atoms with Crippen LogP contribution < -0.4 is 0 Å². The minimum atomic E-state index is -0.317. The second kappa shape index (κ2) is 7.80. The van der Waals surface area contributed by atoms with Gasteiger partial charge in [0, 0.05) is 0 Å². The van der Waals surface area contributed by atoms with E-state index < -0.39 is 0 Å². The van der Waals surface area contributed by atoms with Gasteiger partial charge in [0.15, 0.2) is 6.61 Å². The van der Waals surface area contributed by atoms with Gasteiger partial charge in [-0.15, -0.1) is 0 Å². The number of rotatable bonds is 3. The van der Waals surface area contributed by atoms with E-state index in [9.17, 15) is 4.79 Å². The van der Waals surface area contributed by atoms with Crippen molar-refractivity contribution in [3.05, 3.63) is 48.0 Å². The summed E-state index contributed by atoms with van der Waals surface area (Å²) in [6.07, 6.45) is 3.85. The Morgan fingerprint density at radius 1 is 1.00 bits per heavy atom. The Morgan fingerprint density at radius 3 is 2.61 bits per heavy atom. The fourth-order valence-corrected chi connectivity index (χ4v) is 2.84. The van der Waals surface area contributed by atoms with Crippen molar-refractivity contribution in [1.82, 2.24) is 4.90 Å². The molecular formula is C20H21NO2. The van der Waals surface area contributed by atoms with Crippen LogP contribution in [-0.4, -0.2) is 37.1 Å². The van der Waals surface area contributed by atoms with Gasteiger partial charge in [0.25, 0.3) is 0 Å². The summed E-state index contributed by atoms with van der Waals surface area (Å²) in [5.74, 6) is 5.71. The number of nitrogens with zero attached hydrogens (tertiary/aromatic N) is 1. The minimum Gasteiger partial charge on any atom is -0.449 e. The number of benzene rings is 2. The number of ether oxygens (including phenoxy) is 1. The van der Waals surface area contributed by atoms with Gasteiger partial charge in [0.05, 0.1) is 12.1 Å². The third-order valence-corrected chi connectivity index (χ3v) is 4.14. The van der Waals surface area contributed by atoms with Crippen LogP contribution in [0.25, 0.3) is 10.8 Å². The monoisotopic (exact) mass is 307 g/mol. The molecule has 1 aliphatic rings. The molecule has 2 aromatic carbocycles. The lowest BCUT2D eigenvalue weighted by atomic mass is 10.1. The zero-order valence-electron chi connectivity index (χ0n) is 13.3. The van der Waals surface area contributed by atoms with E-state index in [1.807, 2.05) is 36.4 Å². The first-order valence-electron chi connectivity index (χ1n) is 8.17. The zero-order valence-corrected chi connectivity index (χ0v) is 13.3. The number of hydrogen-bond donors (Lipinski definition) is 0. The molecule has 0 N–H and O–H groups in total. The maximum atomic E-state index is 12.1. The molecule has 0 atom stereocenters. The number of likely N-dealkylation sites (tertiary alicyclic amines) is 1. The van der Waals surface area contributed by atoms with Crippen LogP contribution in [0.15, 0.2) is 42.5 Å². The first-order chi connectivity index (χ1) is 11.3. The van der Waals surface area contributed by atoms with E-state index in [-0.39, 0.29) is 12.6 Å². The Kier molecular flexibility index (Phi) is 5.29. The summed E-state index contributed by atoms with van der Waals surface area (Å²) < 4.78 is 5.24. The van der Waals surface area contributed by atoms with E-state index in [1.165, 1.54) is 19.3 Å². The predicted molar refractivity (Wildman–Crippen MR) is 92.3 cm³/mol. The van der Waals surface area contributed by atoms with Crippen LogP contribution in [0.4, 0.5) is 0 Å². The van der Waals surface area contributed by atoms with Crippen LogP contribution >= 0.6 is 0 Å². The normalized spacial score (nSPS) is 15.0. The molecule has 0 aromatic heterocycles. The largest absolute Gasteiger partial charge is 0.449 e. The van der Waals surface area contributed by atoms with E-state index in [4.69, 9.17) is 4.74 Å². The van der Waals surface area contributed by atoms with E-state index in [2.05, 4.69) is 16.7 Å². The molecular weight excluding hydrogens is 286 g/mol. The van der Waals surface area contributed by atoms with Gasteiger partial charge in [-0.05, 0) is 48.8 Å². The lowest BCUT2D eigenvalue weighted by Crippen LogP contribution is -2.29. The smallest absolute Gasteiger partial charge is 0.339 e. The van der Waals surface area contributed by atoms with Crippen molar-refractivity contribution in [2.75, 3.05) is 26.2 Å². The minimum absolute atomic E-state index is 0.152. The Balaban J connectivity index is 1.50. The Hall–Kier alpha value is -2.31. The highest BCUT2D eigenvalue weighted by Crippen LogP contribution is 2.16. The second-order valence-corrected chi connectivity index (χ2v) is 5.83. The van der Waals surface area contributed by atoms with Crippen LogP contribution in [0.3, 0.4) is 0 Å². The van der Waals surface area contributed by atoms with Crippen molar-refractivity contribution in [2.45, 2.75) is 19.3 Å². The molecule has 23 heavy (non-hydrogen) atoms. The van der Waals surface area contributed by atoms with Crippen molar-refractivity contribution in [2.24, 2.45) is 0 Å².